The molecule has 4 aromatic rings. The Kier molecular flexibility index (Phi) is 4.60. The van der Waals surface area contributed by atoms with E-state index in [1.165, 1.54) is 12.1 Å². The standard InChI is InChI=1S/C22H26N6O/c1-3-29-16-6-8-18-17(14-16)21(26-25-18)22-23-19-7-5-15(13-20(19)24-22)28-10-4-9-27(2)11-12-28/h5-8,13-14H,3-4,9-12H2,1-2H3,(H,23,24)(H,25,26). The van der Waals surface area contributed by atoms with Crippen LogP contribution in [-0.4, -0.2) is 64.9 Å². The highest BCUT2D eigenvalue weighted by atomic mass is 16.5. The summed E-state index contributed by atoms with van der Waals surface area (Å²) in [6.45, 7) is 7.00. The van der Waals surface area contributed by atoms with E-state index in [1.807, 2.05) is 25.1 Å². The topological polar surface area (TPSA) is 73.1 Å². The molecular weight excluding hydrogens is 364 g/mol. The van der Waals surface area contributed by atoms with Gasteiger partial charge in [-0.3, -0.25) is 5.10 Å². The van der Waals surface area contributed by atoms with E-state index in [-0.39, 0.29) is 0 Å². The molecule has 0 atom stereocenters. The molecule has 7 heteroatoms. The average Bonchev–Trinajstić information content (AvgIpc) is 3.27. The Bertz CT molecular complexity index is 1150. The number of imidazole rings is 1. The Morgan fingerprint density at radius 3 is 2.86 bits per heavy atom. The fourth-order valence-corrected chi connectivity index (χ4v) is 4.04. The van der Waals surface area contributed by atoms with Crippen LogP contribution in [-0.2, 0) is 0 Å². The molecule has 29 heavy (non-hydrogen) atoms. The van der Waals surface area contributed by atoms with Gasteiger partial charge in [-0.25, -0.2) is 4.98 Å². The Morgan fingerprint density at radius 1 is 1.03 bits per heavy atom. The van der Waals surface area contributed by atoms with Crippen molar-refractivity contribution in [2.45, 2.75) is 13.3 Å². The zero-order chi connectivity index (χ0) is 19.8. The molecule has 5 rings (SSSR count). The van der Waals surface area contributed by atoms with E-state index in [2.05, 4.69) is 50.2 Å². The smallest absolute Gasteiger partial charge is 0.159 e. The second kappa shape index (κ2) is 7.40. The lowest BCUT2D eigenvalue weighted by molar-refractivity contribution is 0.341. The molecule has 1 saturated heterocycles. The van der Waals surface area contributed by atoms with Crippen LogP contribution in [0.4, 0.5) is 5.69 Å². The van der Waals surface area contributed by atoms with Gasteiger partial charge in [-0.05, 0) is 63.3 Å². The summed E-state index contributed by atoms with van der Waals surface area (Å²) in [6, 6.07) is 12.4. The Balaban J connectivity index is 1.50. The number of nitrogens with zero attached hydrogens (tertiary/aromatic N) is 4. The summed E-state index contributed by atoms with van der Waals surface area (Å²) in [6.07, 6.45) is 1.18. The summed E-state index contributed by atoms with van der Waals surface area (Å²) in [5, 5.41) is 8.61. The molecule has 0 radical (unpaired) electrons. The van der Waals surface area contributed by atoms with Gasteiger partial charge in [0.25, 0.3) is 0 Å². The van der Waals surface area contributed by atoms with Crippen LogP contribution in [0.25, 0.3) is 33.5 Å². The fourth-order valence-electron chi connectivity index (χ4n) is 4.04. The van der Waals surface area contributed by atoms with Crippen LogP contribution in [0, 0.1) is 0 Å². The van der Waals surface area contributed by atoms with Crippen molar-refractivity contribution in [2.75, 3.05) is 44.7 Å². The fraction of sp³-hybridized carbons (Fsp3) is 0.364. The SMILES string of the molecule is CCOc1ccc2[nH]nc(-c3nc4ccc(N5CCCN(C)CC5)cc4[nH]3)c2c1. The molecule has 2 aromatic heterocycles. The number of benzene rings is 2. The van der Waals surface area contributed by atoms with Crippen LogP contribution in [0.15, 0.2) is 36.4 Å². The first-order chi connectivity index (χ1) is 14.2. The van der Waals surface area contributed by atoms with Crippen LogP contribution in [0.5, 0.6) is 5.75 Å². The molecule has 1 fully saturated rings. The summed E-state index contributed by atoms with van der Waals surface area (Å²) >= 11 is 0. The van der Waals surface area contributed by atoms with E-state index < -0.39 is 0 Å². The van der Waals surface area contributed by atoms with Gasteiger partial charge >= 0.3 is 0 Å². The Morgan fingerprint density at radius 2 is 1.97 bits per heavy atom. The molecule has 0 unspecified atom stereocenters. The number of likely N-dealkylation sites (N-methyl/N-ethyl adjacent to an activating group) is 1. The average molecular weight is 390 g/mol. The van der Waals surface area contributed by atoms with E-state index in [0.29, 0.717) is 6.61 Å². The van der Waals surface area contributed by atoms with Gasteiger partial charge in [0.05, 0.1) is 23.2 Å². The van der Waals surface area contributed by atoms with Crippen LogP contribution in [0.2, 0.25) is 0 Å². The van der Waals surface area contributed by atoms with Crippen LogP contribution < -0.4 is 9.64 Å². The van der Waals surface area contributed by atoms with Gasteiger partial charge in [0.15, 0.2) is 5.82 Å². The maximum absolute atomic E-state index is 5.65. The van der Waals surface area contributed by atoms with Gasteiger partial charge in [-0.1, -0.05) is 0 Å². The molecule has 0 saturated carbocycles. The lowest BCUT2D eigenvalue weighted by Crippen LogP contribution is -2.28. The zero-order valence-corrected chi connectivity index (χ0v) is 16.9. The summed E-state index contributed by atoms with van der Waals surface area (Å²) in [7, 11) is 2.19. The molecule has 1 aliphatic heterocycles. The van der Waals surface area contributed by atoms with Crippen molar-refractivity contribution in [2.24, 2.45) is 0 Å². The molecule has 3 heterocycles. The number of H-pyrrole nitrogens is 2. The molecule has 1 aliphatic rings. The molecular formula is C22H26N6O. The van der Waals surface area contributed by atoms with Gasteiger partial charge in [0, 0.05) is 30.7 Å². The minimum absolute atomic E-state index is 0.637. The van der Waals surface area contributed by atoms with Gasteiger partial charge in [-0.2, -0.15) is 5.10 Å². The third kappa shape index (κ3) is 3.42. The largest absolute Gasteiger partial charge is 0.494 e. The van der Waals surface area contributed by atoms with Crippen molar-refractivity contribution >= 4 is 27.6 Å². The summed E-state index contributed by atoms with van der Waals surface area (Å²) < 4.78 is 5.65. The second-order valence-corrected chi connectivity index (χ2v) is 7.64. The Labute approximate surface area is 169 Å². The monoisotopic (exact) mass is 390 g/mol. The number of nitrogens with one attached hydrogen (secondary N) is 2. The first-order valence-corrected chi connectivity index (χ1v) is 10.3. The maximum atomic E-state index is 5.65. The number of rotatable bonds is 4. The second-order valence-electron chi connectivity index (χ2n) is 7.64. The van der Waals surface area contributed by atoms with E-state index in [9.17, 15) is 0 Å². The summed E-state index contributed by atoms with van der Waals surface area (Å²) in [4.78, 5) is 13.1. The van der Waals surface area contributed by atoms with Crippen molar-refractivity contribution in [3.63, 3.8) is 0 Å². The van der Waals surface area contributed by atoms with Gasteiger partial charge < -0.3 is 19.5 Å². The molecule has 0 amide bonds. The number of aromatic amines is 2. The predicted molar refractivity (Wildman–Crippen MR) is 117 cm³/mol. The third-order valence-electron chi connectivity index (χ3n) is 5.62. The highest BCUT2D eigenvalue weighted by molar-refractivity contribution is 5.94. The predicted octanol–water partition coefficient (Wildman–Crippen LogP) is 3.65. The van der Waals surface area contributed by atoms with Crippen molar-refractivity contribution in [3.8, 4) is 17.3 Å². The number of anilines is 1. The molecule has 0 bridgehead atoms. The van der Waals surface area contributed by atoms with Crippen molar-refractivity contribution in [1.82, 2.24) is 25.1 Å². The maximum Gasteiger partial charge on any atom is 0.159 e. The van der Waals surface area contributed by atoms with E-state index >= 15 is 0 Å². The molecule has 7 nitrogen and oxygen atoms in total. The minimum Gasteiger partial charge on any atom is -0.494 e. The normalized spacial score (nSPS) is 15.9. The number of ether oxygens (including phenoxy) is 1. The number of fused-ring (bicyclic) bond motifs is 2. The van der Waals surface area contributed by atoms with Crippen molar-refractivity contribution < 1.29 is 4.74 Å². The number of aromatic nitrogens is 4. The third-order valence-corrected chi connectivity index (χ3v) is 5.62. The zero-order valence-electron chi connectivity index (χ0n) is 16.9. The number of hydrogen-bond donors (Lipinski definition) is 2. The highest BCUT2D eigenvalue weighted by Crippen LogP contribution is 2.30. The van der Waals surface area contributed by atoms with Gasteiger partial charge in [0.2, 0.25) is 0 Å². The number of hydrogen-bond acceptors (Lipinski definition) is 5. The first kappa shape index (κ1) is 18.0. The van der Waals surface area contributed by atoms with E-state index in [4.69, 9.17) is 9.72 Å². The minimum atomic E-state index is 0.637. The quantitative estimate of drug-likeness (QED) is 0.556. The molecule has 0 aliphatic carbocycles. The van der Waals surface area contributed by atoms with E-state index in [1.54, 1.807) is 0 Å². The molecule has 150 valence electrons. The van der Waals surface area contributed by atoms with Crippen molar-refractivity contribution in [3.05, 3.63) is 36.4 Å². The van der Waals surface area contributed by atoms with Gasteiger partial charge in [0.1, 0.15) is 11.4 Å². The lowest BCUT2D eigenvalue weighted by Gasteiger charge is -2.22. The summed E-state index contributed by atoms with van der Waals surface area (Å²) in [5.41, 5.74) is 5.02. The molecule has 2 aromatic carbocycles. The van der Waals surface area contributed by atoms with Crippen LogP contribution >= 0.6 is 0 Å². The van der Waals surface area contributed by atoms with Crippen LogP contribution in [0.1, 0.15) is 13.3 Å². The summed E-state index contributed by atoms with van der Waals surface area (Å²) in [5.74, 6) is 1.61. The highest BCUT2D eigenvalue weighted by Gasteiger charge is 2.16. The molecule has 0 spiro atoms. The molecule has 2 N–H and O–H groups in total. The van der Waals surface area contributed by atoms with E-state index in [0.717, 1.165) is 65.4 Å². The Hall–Kier alpha value is -3.06. The van der Waals surface area contributed by atoms with Crippen LogP contribution in [0.3, 0.4) is 0 Å². The van der Waals surface area contributed by atoms with Gasteiger partial charge in [-0.15, -0.1) is 0 Å². The first-order valence-electron chi connectivity index (χ1n) is 10.3. The van der Waals surface area contributed by atoms with Crippen molar-refractivity contribution in [1.29, 1.82) is 0 Å². The lowest BCUT2D eigenvalue weighted by atomic mass is 10.2.